The molecule has 1 heterocycles. The molecule has 3 nitrogen and oxygen atoms in total. The Morgan fingerprint density at radius 1 is 1.16 bits per heavy atom. The summed E-state index contributed by atoms with van der Waals surface area (Å²) in [6.07, 6.45) is 0.103. The molecule has 0 saturated carbocycles. The summed E-state index contributed by atoms with van der Waals surface area (Å²) in [5.74, 6) is 4.32. The number of benzene rings is 1. The minimum Gasteiger partial charge on any atom is -0.271 e. The summed E-state index contributed by atoms with van der Waals surface area (Å²) in [5.41, 5.74) is 4.04. The predicted octanol–water partition coefficient (Wildman–Crippen LogP) is 2.42. The van der Waals surface area contributed by atoms with Crippen LogP contribution in [0.15, 0.2) is 36.4 Å². The van der Waals surface area contributed by atoms with Crippen molar-refractivity contribution in [2.45, 2.75) is 19.4 Å². The lowest BCUT2D eigenvalue weighted by atomic mass is 10.0. The van der Waals surface area contributed by atoms with E-state index < -0.39 is 17.7 Å². The molecule has 5 heteroatoms. The van der Waals surface area contributed by atoms with E-state index in [0.29, 0.717) is 5.69 Å². The molecular weight excluding hydrogens is 248 g/mol. The number of halogens is 2. The van der Waals surface area contributed by atoms with Crippen molar-refractivity contribution in [1.82, 2.24) is 10.4 Å². The zero-order valence-electron chi connectivity index (χ0n) is 10.5. The Balaban J connectivity index is 2.29. The van der Waals surface area contributed by atoms with Crippen molar-refractivity contribution in [2.24, 2.45) is 5.84 Å². The first-order valence-corrected chi connectivity index (χ1v) is 5.94. The van der Waals surface area contributed by atoms with Gasteiger partial charge in [-0.15, -0.1) is 0 Å². The van der Waals surface area contributed by atoms with Crippen molar-refractivity contribution in [3.05, 3.63) is 65.0 Å². The Bertz CT molecular complexity index is 552. The predicted molar refractivity (Wildman–Crippen MR) is 69.1 cm³/mol. The van der Waals surface area contributed by atoms with Crippen LogP contribution in [0.1, 0.15) is 23.0 Å². The summed E-state index contributed by atoms with van der Waals surface area (Å²) >= 11 is 0. The number of nitrogens with two attached hydrogens (primary N) is 1. The second kappa shape index (κ2) is 5.86. The molecule has 0 aliphatic heterocycles. The first-order chi connectivity index (χ1) is 9.11. The summed E-state index contributed by atoms with van der Waals surface area (Å²) in [6, 6.07) is 8.82. The van der Waals surface area contributed by atoms with Crippen LogP contribution in [0, 0.1) is 18.6 Å². The zero-order valence-corrected chi connectivity index (χ0v) is 10.5. The molecule has 0 radical (unpaired) electrons. The van der Waals surface area contributed by atoms with Gasteiger partial charge >= 0.3 is 0 Å². The number of nitrogens with zero attached hydrogens (tertiary/aromatic N) is 1. The second-order valence-electron chi connectivity index (χ2n) is 4.33. The average Bonchev–Trinajstić information content (AvgIpc) is 2.38. The lowest BCUT2D eigenvalue weighted by molar-refractivity contribution is 0.492. The van der Waals surface area contributed by atoms with Gasteiger partial charge in [-0.2, -0.15) is 0 Å². The highest BCUT2D eigenvalue weighted by Crippen LogP contribution is 2.20. The van der Waals surface area contributed by atoms with E-state index in [1.54, 1.807) is 6.07 Å². The molecule has 3 N–H and O–H groups in total. The number of hydrogen-bond acceptors (Lipinski definition) is 3. The van der Waals surface area contributed by atoms with Gasteiger partial charge in [0.05, 0.1) is 11.7 Å². The smallest absolute Gasteiger partial charge is 0.129 e. The standard InChI is InChI=1S/C14H15F2N3/c1-9-4-2-7-13(18-9)14(19-17)8-10-11(15)5-3-6-12(10)16/h2-7,14,19H,8,17H2,1H3. The Morgan fingerprint density at radius 3 is 2.37 bits per heavy atom. The average molecular weight is 263 g/mol. The van der Waals surface area contributed by atoms with Crippen LogP contribution < -0.4 is 11.3 Å². The first kappa shape index (κ1) is 13.6. The summed E-state index contributed by atoms with van der Waals surface area (Å²) in [5, 5.41) is 0. The van der Waals surface area contributed by atoms with E-state index in [1.807, 2.05) is 19.1 Å². The van der Waals surface area contributed by atoms with Crippen LogP contribution in [0.5, 0.6) is 0 Å². The minimum absolute atomic E-state index is 0.00811. The third-order valence-corrected chi connectivity index (χ3v) is 2.94. The van der Waals surface area contributed by atoms with Crippen LogP contribution in [-0.2, 0) is 6.42 Å². The van der Waals surface area contributed by atoms with Gasteiger partial charge < -0.3 is 0 Å². The van der Waals surface area contributed by atoms with E-state index in [4.69, 9.17) is 5.84 Å². The zero-order chi connectivity index (χ0) is 13.8. The fraction of sp³-hybridized carbons (Fsp3) is 0.214. The molecule has 0 amide bonds. The van der Waals surface area contributed by atoms with Gasteiger partial charge in [-0.3, -0.25) is 16.3 Å². The highest BCUT2D eigenvalue weighted by Gasteiger charge is 2.17. The van der Waals surface area contributed by atoms with Crippen molar-refractivity contribution in [3.63, 3.8) is 0 Å². The maximum Gasteiger partial charge on any atom is 0.129 e. The number of nitrogens with one attached hydrogen (secondary N) is 1. The number of hydrazine groups is 1. The fourth-order valence-electron chi connectivity index (χ4n) is 1.94. The first-order valence-electron chi connectivity index (χ1n) is 5.94. The van der Waals surface area contributed by atoms with Gasteiger partial charge in [-0.25, -0.2) is 8.78 Å². The van der Waals surface area contributed by atoms with Crippen molar-refractivity contribution in [1.29, 1.82) is 0 Å². The van der Waals surface area contributed by atoms with E-state index in [0.717, 1.165) is 5.69 Å². The third-order valence-electron chi connectivity index (χ3n) is 2.94. The van der Waals surface area contributed by atoms with Gasteiger partial charge in [0.15, 0.2) is 0 Å². The summed E-state index contributed by atoms with van der Waals surface area (Å²) in [6.45, 7) is 1.85. The summed E-state index contributed by atoms with van der Waals surface area (Å²) in [4.78, 5) is 4.31. The lowest BCUT2D eigenvalue weighted by Gasteiger charge is -2.16. The van der Waals surface area contributed by atoms with Gasteiger partial charge in [0.1, 0.15) is 11.6 Å². The fourth-order valence-corrected chi connectivity index (χ4v) is 1.94. The van der Waals surface area contributed by atoms with Crippen LogP contribution >= 0.6 is 0 Å². The van der Waals surface area contributed by atoms with Gasteiger partial charge in [-0.05, 0) is 31.2 Å². The number of aromatic nitrogens is 1. The minimum atomic E-state index is -0.576. The summed E-state index contributed by atoms with van der Waals surface area (Å²) < 4.78 is 27.2. The number of hydrogen-bond donors (Lipinski definition) is 2. The van der Waals surface area contributed by atoms with Crippen LogP contribution in [0.25, 0.3) is 0 Å². The van der Waals surface area contributed by atoms with Crippen LogP contribution in [0.3, 0.4) is 0 Å². The molecule has 0 spiro atoms. The lowest BCUT2D eigenvalue weighted by Crippen LogP contribution is -2.30. The van der Waals surface area contributed by atoms with E-state index in [1.165, 1.54) is 18.2 Å². The maximum atomic E-state index is 13.6. The van der Waals surface area contributed by atoms with Crippen LogP contribution in [0.4, 0.5) is 8.78 Å². The van der Waals surface area contributed by atoms with Crippen LogP contribution in [0.2, 0.25) is 0 Å². The highest BCUT2D eigenvalue weighted by atomic mass is 19.1. The molecule has 2 aromatic rings. The quantitative estimate of drug-likeness (QED) is 0.658. The molecular formula is C14H15F2N3. The van der Waals surface area contributed by atoms with Gasteiger partial charge in [0, 0.05) is 17.7 Å². The Hall–Kier alpha value is -1.85. The van der Waals surface area contributed by atoms with Crippen molar-refractivity contribution in [2.75, 3.05) is 0 Å². The molecule has 0 aliphatic rings. The maximum absolute atomic E-state index is 13.6. The van der Waals surface area contributed by atoms with E-state index in [2.05, 4.69) is 10.4 Å². The van der Waals surface area contributed by atoms with E-state index in [-0.39, 0.29) is 12.0 Å². The molecule has 1 aromatic carbocycles. The Labute approximate surface area is 110 Å². The van der Waals surface area contributed by atoms with E-state index >= 15 is 0 Å². The van der Waals surface area contributed by atoms with Crippen molar-refractivity contribution in [3.8, 4) is 0 Å². The molecule has 0 bridgehead atoms. The molecule has 0 saturated heterocycles. The monoisotopic (exact) mass is 263 g/mol. The third kappa shape index (κ3) is 3.13. The number of aryl methyl sites for hydroxylation is 1. The van der Waals surface area contributed by atoms with Crippen molar-refractivity contribution < 1.29 is 8.78 Å². The summed E-state index contributed by atoms with van der Waals surface area (Å²) in [7, 11) is 0. The number of rotatable bonds is 4. The molecule has 1 aromatic heterocycles. The highest BCUT2D eigenvalue weighted by molar-refractivity contribution is 5.23. The van der Waals surface area contributed by atoms with E-state index in [9.17, 15) is 8.78 Å². The molecule has 2 rings (SSSR count). The normalized spacial score (nSPS) is 12.4. The molecule has 0 aliphatic carbocycles. The Morgan fingerprint density at radius 2 is 1.79 bits per heavy atom. The Kier molecular flexibility index (Phi) is 4.19. The largest absolute Gasteiger partial charge is 0.271 e. The van der Waals surface area contributed by atoms with Gasteiger partial charge in [0.2, 0.25) is 0 Å². The number of pyridine rings is 1. The molecule has 0 fully saturated rings. The molecule has 100 valence electrons. The molecule has 1 unspecified atom stereocenters. The van der Waals surface area contributed by atoms with Crippen molar-refractivity contribution >= 4 is 0 Å². The second-order valence-corrected chi connectivity index (χ2v) is 4.33. The molecule has 19 heavy (non-hydrogen) atoms. The SMILES string of the molecule is Cc1cccc(C(Cc2c(F)cccc2F)NN)n1. The van der Waals surface area contributed by atoms with Crippen LogP contribution in [-0.4, -0.2) is 4.98 Å². The molecule has 1 atom stereocenters. The van der Waals surface area contributed by atoms with Gasteiger partial charge in [-0.1, -0.05) is 12.1 Å². The van der Waals surface area contributed by atoms with Gasteiger partial charge in [0.25, 0.3) is 0 Å². The topological polar surface area (TPSA) is 50.9 Å².